The van der Waals surface area contributed by atoms with E-state index < -0.39 is 17.4 Å². The van der Waals surface area contributed by atoms with Gasteiger partial charge in [-0.1, -0.05) is 6.92 Å². The minimum atomic E-state index is -0.846. The zero-order valence-electron chi connectivity index (χ0n) is 15.3. The smallest absolute Gasteiger partial charge is 0.316 e. The molecule has 0 radical (unpaired) electrons. The van der Waals surface area contributed by atoms with E-state index in [1.807, 2.05) is 6.92 Å². The molecule has 1 aromatic heterocycles. The second-order valence-corrected chi connectivity index (χ2v) is 6.14. The third-order valence-corrected chi connectivity index (χ3v) is 4.31. The van der Waals surface area contributed by atoms with Crippen molar-refractivity contribution >= 4 is 17.5 Å². The predicted octanol–water partition coefficient (Wildman–Crippen LogP) is 1.59. The molecule has 2 rings (SSSR count). The van der Waals surface area contributed by atoms with Crippen LogP contribution in [0.2, 0.25) is 0 Å². The number of amides is 2. The summed E-state index contributed by atoms with van der Waals surface area (Å²) in [6.07, 6.45) is 3.36. The molecule has 0 saturated heterocycles. The lowest BCUT2D eigenvalue weighted by Gasteiger charge is -2.28. The second-order valence-electron chi connectivity index (χ2n) is 6.14. The number of hydrogen-bond acceptors (Lipinski definition) is 6. The van der Waals surface area contributed by atoms with E-state index in [1.165, 1.54) is 25.5 Å². The van der Waals surface area contributed by atoms with E-state index in [0.29, 0.717) is 29.2 Å². The summed E-state index contributed by atoms with van der Waals surface area (Å²) in [6, 6.07) is 5.03. The molecule has 1 heterocycles. The number of nitrogens with one attached hydrogen (secondary N) is 1. The van der Waals surface area contributed by atoms with Gasteiger partial charge in [0.1, 0.15) is 5.75 Å². The molecule has 0 aliphatic rings. The Kier molecular flexibility index (Phi) is 5.99. The van der Waals surface area contributed by atoms with E-state index in [2.05, 4.69) is 10.3 Å². The lowest BCUT2D eigenvalue weighted by Crippen LogP contribution is -2.53. The molecule has 0 aliphatic heterocycles. The summed E-state index contributed by atoms with van der Waals surface area (Å²) >= 11 is 0. The van der Waals surface area contributed by atoms with Crippen molar-refractivity contribution in [1.82, 2.24) is 10.3 Å². The predicted molar refractivity (Wildman–Crippen MR) is 95.8 cm³/mol. The van der Waals surface area contributed by atoms with Crippen LogP contribution < -0.4 is 15.0 Å². The van der Waals surface area contributed by atoms with Gasteiger partial charge in [-0.25, -0.2) is 4.98 Å². The number of methoxy groups -OCH3 is 1. The molecule has 1 atom stereocenters. The number of aliphatic hydroxyl groups excluding tert-OH is 1. The molecule has 1 aromatic carbocycles. The summed E-state index contributed by atoms with van der Waals surface area (Å²) < 4.78 is 10.6. The van der Waals surface area contributed by atoms with Crippen molar-refractivity contribution in [3.05, 3.63) is 30.8 Å². The zero-order valence-corrected chi connectivity index (χ0v) is 15.3. The molecular formula is C18H23N3O5. The number of rotatable bonds is 6. The van der Waals surface area contributed by atoms with Gasteiger partial charge in [0.05, 0.1) is 31.0 Å². The fourth-order valence-electron chi connectivity index (χ4n) is 2.28. The highest BCUT2D eigenvalue weighted by atomic mass is 16.5. The number of benzene rings is 1. The van der Waals surface area contributed by atoms with Gasteiger partial charge in [-0.05, 0) is 25.5 Å². The van der Waals surface area contributed by atoms with Gasteiger partial charge in [0.25, 0.3) is 0 Å². The van der Waals surface area contributed by atoms with Crippen molar-refractivity contribution < 1.29 is 23.8 Å². The Morgan fingerprint density at radius 3 is 2.69 bits per heavy atom. The SMILES string of the molecule is CC[C@](C)(CO)NC(=O)C(=O)N(C)c1ccc(-c2cnco2)c(OC)c1. The number of likely N-dealkylation sites (N-methyl/N-ethyl adjacent to an activating group) is 1. The monoisotopic (exact) mass is 361 g/mol. The van der Waals surface area contributed by atoms with E-state index >= 15 is 0 Å². The van der Waals surface area contributed by atoms with E-state index in [-0.39, 0.29) is 6.61 Å². The van der Waals surface area contributed by atoms with Crippen LogP contribution in [0.25, 0.3) is 11.3 Å². The molecule has 0 saturated carbocycles. The molecule has 26 heavy (non-hydrogen) atoms. The van der Waals surface area contributed by atoms with E-state index in [1.54, 1.807) is 31.3 Å². The first-order valence-electron chi connectivity index (χ1n) is 8.13. The van der Waals surface area contributed by atoms with Crippen molar-refractivity contribution in [2.24, 2.45) is 0 Å². The van der Waals surface area contributed by atoms with E-state index in [9.17, 15) is 14.7 Å². The lowest BCUT2D eigenvalue weighted by atomic mass is 10.0. The third-order valence-electron chi connectivity index (χ3n) is 4.31. The molecule has 0 fully saturated rings. The molecule has 0 unspecified atom stereocenters. The van der Waals surface area contributed by atoms with E-state index in [4.69, 9.17) is 9.15 Å². The van der Waals surface area contributed by atoms with Crippen LogP contribution >= 0.6 is 0 Å². The number of aliphatic hydroxyl groups is 1. The van der Waals surface area contributed by atoms with Gasteiger partial charge in [0.15, 0.2) is 12.2 Å². The fraction of sp³-hybridized carbons (Fsp3) is 0.389. The zero-order chi connectivity index (χ0) is 19.3. The maximum Gasteiger partial charge on any atom is 0.316 e. The molecule has 2 aromatic rings. The number of carbonyl (C=O) groups excluding carboxylic acids is 2. The number of oxazole rings is 1. The summed E-state index contributed by atoms with van der Waals surface area (Å²) in [7, 11) is 2.99. The third kappa shape index (κ3) is 4.02. The summed E-state index contributed by atoms with van der Waals surface area (Å²) in [5.74, 6) is -0.522. The standard InChI is InChI=1S/C18H23N3O5/c1-5-18(2,10-22)20-16(23)17(24)21(3)12-6-7-13(14(8-12)25-4)15-9-19-11-26-15/h6-9,11,22H,5,10H2,1-4H3,(H,20,23)/t18-/m1/s1. The number of carbonyl (C=O) groups is 2. The number of ether oxygens (including phenoxy) is 1. The number of anilines is 1. The van der Waals surface area contributed by atoms with Gasteiger partial charge < -0.3 is 24.5 Å². The van der Waals surface area contributed by atoms with Crippen LogP contribution in [0.15, 0.2) is 35.2 Å². The minimum Gasteiger partial charge on any atom is -0.496 e. The average Bonchev–Trinajstić information content (AvgIpc) is 3.20. The number of aromatic nitrogens is 1. The molecule has 140 valence electrons. The highest BCUT2D eigenvalue weighted by Gasteiger charge is 2.29. The molecule has 0 spiro atoms. The summed E-state index contributed by atoms with van der Waals surface area (Å²) in [4.78, 5) is 29.8. The van der Waals surface area contributed by atoms with Gasteiger partial charge in [-0.3, -0.25) is 9.59 Å². The van der Waals surface area contributed by atoms with Gasteiger partial charge in [-0.15, -0.1) is 0 Å². The lowest BCUT2D eigenvalue weighted by molar-refractivity contribution is -0.138. The molecule has 8 nitrogen and oxygen atoms in total. The quantitative estimate of drug-likeness (QED) is 0.757. The first-order chi connectivity index (χ1) is 12.3. The van der Waals surface area contributed by atoms with Crippen molar-refractivity contribution in [3.63, 3.8) is 0 Å². The Morgan fingerprint density at radius 2 is 2.15 bits per heavy atom. The molecule has 2 N–H and O–H groups in total. The van der Waals surface area contributed by atoms with Crippen LogP contribution in [-0.2, 0) is 9.59 Å². The van der Waals surface area contributed by atoms with Crippen LogP contribution in [-0.4, -0.2) is 48.2 Å². The molecule has 2 amide bonds. The van der Waals surface area contributed by atoms with Crippen LogP contribution in [0.5, 0.6) is 5.75 Å². The normalized spacial score (nSPS) is 13.0. The largest absolute Gasteiger partial charge is 0.496 e. The Morgan fingerprint density at radius 1 is 1.42 bits per heavy atom. The molecule has 8 heteroatoms. The molecule has 0 aliphatic carbocycles. The Bertz CT molecular complexity index is 769. The number of nitrogens with zero attached hydrogens (tertiary/aromatic N) is 2. The van der Waals surface area contributed by atoms with Gasteiger partial charge >= 0.3 is 11.8 Å². The average molecular weight is 361 g/mol. The first kappa shape index (κ1) is 19.5. The Balaban J connectivity index is 2.22. The highest BCUT2D eigenvalue weighted by Crippen LogP contribution is 2.33. The molecular weight excluding hydrogens is 338 g/mol. The van der Waals surface area contributed by atoms with Crippen molar-refractivity contribution in [3.8, 4) is 17.1 Å². The van der Waals surface area contributed by atoms with Crippen molar-refractivity contribution in [2.75, 3.05) is 25.7 Å². The summed E-state index contributed by atoms with van der Waals surface area (Å²) in [6.45, 7) is 3.23. The van der Waals surface area contributed by atoms with Gasteiger partial charge in [0.2, 0.25) is 0 Å². The van der Waals surface area contributed by atoms with Crippen LogP contribution in [0.3, 0.4) is 0 Å². The van der Waals surface area contributed by atoms with Crippen LogP contribution in [0, 0.1) is 0 Å². The maximum atomic E-state index is 12.4. The van der Waals surface area contributed by atoms with Gasteiger partial charge in [0, 0.05) is 18.8 Å². The van der Waals surface area contributed by atoms with Crippen molar-refractivity contribution in [2.45, 2.75) is 25.8 Å². The highest BCUT2D eigenvalue weighted by molar-refractivity contribution is 6.40. The van der Waals surface area contributed by atoms with E-state index in [0.717, 1.165) is 0 Å². The summed E-state index contributed by atoms with van der Waals surface area (Å²) in [5.41, 5.74) is 0.312. The Labute approximate surface area is 151 Å². The fourth-order valence-corrected chi connectivity index (χ4v) is 2.28. The number of hydrogen-bond donors (Lipinski definition) is 2. The van der Waals surface area contributed by atoms with Crippen LogP contribution in [0.1, 0.15) is 20.3 Å². The molecule has 0 bridgehead atoms. The Hall–Kier alpha value is -2.87. The van der Waals surface area contributed by atoms with Gasteiger partial charge in [-0.2, -0.15) is 0 Å². The van der Waals surface area contributed by atoms with Crippen molar-refractivity contribution in [1.29, 1.82) is 0 Å². The topological polar surface area (TPSA) is 105 Å². The first-order valence-corrected chi connectivity index (χ1v) is 8.13. The van der Waals surface area contributed by atoms with Crippen LogP contribution in [0.4, 0.5) is 5.69 Å². The minimum absolute atomic E-state index is 0.258. The summed E-state index contributed by atoms with van der Waals surface area (Å²) in [5, 5.41) is 12.0. The second kappa shape index (κ2) is 8.01. The maximum absolute atomic E-state index is 12.4.